The molecule has 1 aromatic rings. The van der Waals surface area contributed by atoms with E-state index < -0.39 is 0 Å². The largest absolute Gasteiger partial charge is 0.371 e. The Morgan fingerprint density at radius 3 is 2.67 bits per heavy atom. The van der Waals surface area contributed by atoms with Crippen LogP contribution in [0.25, 0.3) is 0 Å². The lowest BCUT2D eigenvalue weighted by atomic mass is 10.1. The Labute approximate surface area is 109 Å². The normalized spacial score (nSPS) is 13.2. The average molecular weight is 252 g/mol. The van der Waals surface area contributed by atoms with E-state index in [0.29, 0.717) is 6.54 Å². The third-order valence-electron chi connectivity index (χ3n) is 2.60. The quantitative estimate of drug-likeness (QED) is 0.842. The third-order valence-corrected chi connectivity index (χ3v) is 2.60. The first kappa shape index (κ1) is 14.5. The molecule has 0 unspecified atom stereocenters. The van der Waals surface area contributed by atoms with Crippen LogP contribution in [0.2, 0.25) is 0 Å². The van der Waals surface area contributed by atoms with Crippen molar-refractivity contribution in [2.45, 2.75) is 52.6 Å². The van der Waals surface area contributed by atoms with Crippen molar-refractivity contribution in [2.75, 3.05) is 11.9 Å². The van der Waals surface area contributed by atoms with Crippen LogP contribution in [-0.2, 0) is 10.3 Å². The van der Waals surface area contributed by atoms with Crippen molar-refractivity contribution in [1.82, 2.24) is 15.1 Å². The molecule has 5 nitrogen and oxygen atoms in total. The lowest BCUT2D eigenvalue weighted by Crippen LogP contribution is -2.37. The highest BCUT2D eigenvalue weighted by molar-refractivity contribution is 5.83. The molecule has 1 rings (SSSR count). The Morgan fingerprint density at radius 2 is 2.17 bits per heavy atom. The van der Waals surface area contributed by atoms with Crippen LogP contribution >= 0.6 is 0 Å². The fraction of sp³-hybridized carbons (Fsp3) is 0.692. The standard InChI is InChI=1S/C13H24N4O/c1-6-7-14-12(18)10(2)16-11-8-15-17(9-11)13(3,4)5/h8-10,16H,6-7H2,1-5H3,(H,14,18)/t10-/m0/s1. The molecular formula is C13H24N4O. The summed E-state index contributed by atoms with van der Waals surface area (Å²) in [7, 11) is 0. The number of aromatic nitrogens is 2. The van der Waals surface area contributed by atoms with Crippen LogP contribution in [0, 0.1) is 0 Å². The zero-order valence-electron chi connectivity index (χ0n) is 11.9. The molecule has 1 heterocycles. The number of anilines is 1. The summed E-state index contributed by atoms with van der Waals surface area (Å²) >= 11 is 0. The molecule has 0 fully saturated rings. The molecule has 0 aromatic carbocycles. The van der Waals surface area contributed by atoms with Gasteiger partial charge < -0.3 is 10.6 Å². The first-order valence-electron chi connectivity index (χ1n) is 6.44. The summed E-state index contributed by atoms with van der Waals surface area (Å²) in [6.07, 6.45) is 4.61. The molecule has 102 valence electrons. The molecule has 1 atom stereocenters. The van der Waals surface area contributed by atoms with Gasteiger partial charge in [-0.25, -0.2) is 0 Å². The molecule has 0 aliphatic heterocycles. The molecule has 0 radical (unpaired) electrons. The van der Waals surface area contributed by atoms with Gasteiger partial charge in [-0.1, -0.05) is 6.92 Å². The third kappa shape index (κ3) is 4.05. The molecular weight excluding hydrogens is 228 g/mol. The van der Waals surface area contributed by atoms with Crippen LogP contribution in [0.5, 0.6) is 0 Å². The van der Waals surface area contributed by atoms with Crippen LogP contribution in [0.4, 0.5) is 5.69 Å². The average Bonchev–Trinajstić information content (AvgIpc) is 2.73. The van der Waals surface area contributed by atoms with Crippen molar-refractivity contribution in [3.63, 3.8) is 0 Å². The predicted octanol–water partition coefficient (Wildman–Crippen LogP) is 1.96. The fourth-order valence-electron chi connectivity index (χ4n) is 1.48. The van der Waals surface area contributed by atoms with Gasteiger partial charge in [0.05, 0.1) is 17.4 Å². The van der Waals surface area contributed by atoms with Gasteiger partial charge in [-0.05, 0) is 34.1 Å². The molecule has 0 bridgehead atoms. The molecule has 0 spiro atoms. The van der Waals surface area contributed by atoms with Gasteiger partial charge in [-0.15, -0.1) is 0 Å². The van der Waals surface area contributed by atoms with Crippen molar-refractivity contribution in [2.24, 2.45) is 0 Å². The summed E-state index contributed by atoms with van der Waals surface area (Å²) in [4.78, 5) is 11.7. The minimum atomic E-state index is -0.255. The second kappa shape index (κ2) is 5.89. The summed E-state index contributed by atoms with van der Waals surface area (Å²) in [6.45, 7) is 10.8. The molecule has 0 saturated carbocycles. The molecule has 0 aliphatic carbocycles. The number of carbonyl (C=O) groups excluding carboxylic acids is 1. The summed E-state index contributed by atoms with van der Waals surface area (Å²) in [5.74, 6) is 0.0142. The van der Waals surface area contributed by atoms with E-state index in [0.717, 1.165) is 12.1 Å². The van der Waals surface area contributed by atoms with E-state index in [1.54, 1.807) is 6.20 Å². The van der Waals surface area contributed by atoms with E-state index in [4.69, 9.17) is 0 Å². The predicted molar refractivity (Wildman–Crippen MR) is 73.6 cm³/mol. The second-order valence-electron chi connectivity index (χ2n) is 5.50. The Kier molecular flexibility index (Phi) is 4.76. The first-order chi connectivity index (χ1) is 8.34. The number of rotatable bonds is 5. The topological polar surface area (TPSA) is 59.0 Å². The maximum Gasteiger partial charge on any atom is 0.242 e. The molecule has 0 saturated heterocycles. The molecule has 5 heteroatoms. The monoisotopic (exact) mass is 252 g/mol. The van der Waals surface area contributed by atoms with Crippen LogP contribution in [0.3, 0.4) is 0 Å². The van der Waals surface area contributed by atoms with Gasteiger partial charge in [0.2, 0.25) is 5.91 Å². The summed E-state index contributed by atoms with van der Waals surface area (Å²) in [5.41, 5.74) is 0.817. The molecule has 1 amide bonds. The SMILES string of the molecule is CCCNC(=O)[C@H](C)Nc1cnn(C(C)(C)C)c1. The van der Waals surface area contributed by atoms with Crippen molar-refractivity contribution >= 4 is 11.6 Å². The summed E-state index contributed by atoms with van der Waals surface area (Å²) < 4.78 is 1.88. The Balaban J connectivity index is 2.57. The van der Waals surface area contributed by atoms with Gasteiger partial charge in [-0.2, -0.15) is 5.10 Å². The number of carbonyl (C=O) groups is 1. The van der Waals surface area contributed by atoms with Gasteiger partial charge >= 0.3 is 0 Å². The van der Waals surface area contributed by atoms with E-state index >= 15 is 0 Å². The highest BCUT2D eigenvalue weighted by atomic mass is 16.2. The van der Waals surface area contributed by atoms with Gasteiger partial charge in [-0.3, -0.25) is 9.48 Å². The van der Waals surface area contributed by atoms with Crippen molar-refractivity contribution in [1.29, 1.82) is 0 Å². The summed E-state index contributed by atoms with van der Waals surface area (Å²) in [5, 5.41) is 10.3. The Morgan fingerprint density at radius 1 is 1.50 bits per heavy atom. The van der Waals surface area contributed by atoms with Crippen molar-refractivity contribution < 1.29 is 4.79 Å². The molecule has 18 heavy (non-hydrogen) atoms. The van der Waals surface area contributed by atoms with Gasteiger partial charge in [0.25, 0.3) is 0 Å². The smallest absolute Gasteiger partial charge is 0.242 e. The molecule has 2 N–H and O–H groups in total. The van der Waals surface area contributed by atoms with E-state index in [1.807, 2.05) is 24.7 Å². The zero-order chi connectivity index (χ0) is 13.8. The van der Waals surface area contributed by atoms with Crippen molar-refractivity contribution in [3.8, 4) is 0 Å². The lowest BCUT2D eigenvalue weighted by Gasteiger charge is -2.19. The molecule has 1 aromatic heterocycles. The Bertz CT molecular complexity index is 392. The van der Waals surface area contributed by atoms with Gasteiger partial charge in [0.15, 0.2) is 0 Å². The van der Waals surface area contributed by atoms with Gasteiger partial charge in [0.1, 0.15) is 6.04 Å². The zero-order valence-corrected chi connectivity index (χ0v) is 11.9. The summed E-state index contributed by atoms with van der Waals surface area (Å²) in [6, 6.07) is -0.255. The van der Waals surface area contributed by atoms with Crippen LogP contribution in [-0.4, -0.2) is 28.3 Å². The van der Waals surface area contributed by atoms with E-state index in [9.17, 15) is 4.79 Å². The maximum absolute atomic E-state index is 11.7. The number of hydrogen-bond donors (Lipinski definition) is 2. The van der Waals surface area contributed by atoms with E-state index in [1.165, 1.54) is 0 Å². The minimum absolute atomic E-state index is 0.0142. The van der Waals surface area contributed by atoms with Crippen LogP contribution < -0.4 is 10.6 Å². The number of nitrogens with zero attached hydrogens (tertiary/aromatic N) is 2. The second-order valence-corrected chi connectivity index (χ2v) is 5.50. The van der Waals surface area contributed by atoms with Crippen molar-refractivity contribution in [3.05, 3.63) is 12.4 Å². The molecule has 0 aliphatic rings. The number of hydrogen-bond acceptors (Lipinski definition) is 3. The van der Waals surface area contributed by atoms with Gasteiger partial charge in [0, 0.05) is 12.7 Å². The Hall–Kier alpha value is -1.52. The fourth-order valence-corrected chi connectivity index (χ4v) is 1.48. The number of amides is 1. The highest BCUT2D eigenvalue weighted by Gasteiger charge is 2.16. The lowest BCUT2D eigenvalue weighted by molar-refractivity contribution is -0.121. The minimum Gasteiger partial charge on any atom is -0.371 e. The highest BCUT2D eigenvalue weighted by Crippen LogP contribution is 2.16. The number of nitrogens with one attached hydrogen (secondary N) is 2. The first-order valence-corrected chi connectivity index (χ1v) is 6.44. The maximum atomic E-state index is 11.7. The van der Waals surface area contributed by atoms with Crippen LogP contribution in [0.1, 0.15) is 41.0 Å². The van der Waals surface area contributed by atoms with Crippen LogP contribution in [0.15, 0.2) is 12.4 Å². The van der Waals surface area contributed by atoms with E-state index in [2.05, 4.69) is 36.5 Å². The van der Waals surface area contributed by atoms with E-state index in [-0.39, 0.29) is 17.5 Å².